The minimum Gasteiger partial charge on any atom is -0.466 e. The number of ether oxygens (including phenoxy) is 1. The quantitative estimate of drug-likeness (QED) is 0.848. The van der Waals surface area contributed by atoms with Crippen LogP contribution >= 0.6 is 31.9 Å². The van der Waals surface area contributed by atoms with Crippen LogP contribution in [0.15, 0.2) is 27.1 Å². The molecule has 0 aromatic heterocycles. The van der Waals surface area contributed by atoms with Crippen molar-refractivity contribution >= 4 is 37.8 Å². The minimum atomic E-state index is -0.330. The Morgan fingerprint density at radius 3 is 2.69 bits per heavy atom. The number of carbonyl (C=O) groups is 1. The van der Waals surface area contributed by atoms with Crippen LogP contribution in [0.5, 0.6) is 0 Å². The zero-order valence-corrected chi connectivity index (χ0v) is 12.0. The molecule has 2 N–H and O–H groups in total. The van der Waals surface area contributed by atoms with E-state index in [2.05, 4.69) is 31.9 Å². The molecule has 1 rings (SSSR count). The lowest BCUT2D eigenvalue weighted by atomic mass is 10.1. The molecular weight excluding hydrogens is 338 g/mol. The highest BCUT2D eigenvalue weighted by atomic mass is 79.9. The molecule has 0 saturated heterocycles. The zero-order chi connectivity index (χ0) is 12.1. The molecule has 0 radical (unpaired) electrons. The van der Waals surface area contributed by atoms with Crippen LogP contribution in [0.1, 0.15) is 24.9 Å². The second kappa shape index (κ2) is 6.37. The molecule has 0 heterocycles. The fourth-order valence-corrected chi connectivity index (χ4v) is 1.90. The Labute approximate surface area is 112 Å². The fraction of sp³-hybridized carbons (Fsp3) is 0.364. The molecule has 1 unspecified atom stereocenters. The van der Waals surface area contributed by atoms with Gasteiger partial charge >= 0.3 is 5.97 Å². The maximum atomic E-state index is 11.3. The first kappa shape index (κ1) is 13.7. The number of hydrogen-bond acceptors (Lipinski definition) is 3. The highest BCUT2D eigenvalue weighted by molar-refractivity contribution is 9.13. The van der Waals surface area contributed by atoms with Gasteiger partial charge in [-0.25, -0.2) is 0 Å². The molecule has 0 amide bonds. The van der Waals surface area contributed by atoms with E-state index >= 15 is 0 Å². The smallest absolute Gasteiger partial charge is 0.307 e. The third-order valence-corrected chi connectivity index (χ3v) is 3.94. The summed E-state index contributed by atoms with van der Waals surface area (Å²) in [6, 6.07) is 5.35. The summed E-state index contributed by atoms with van der Waals surface area (Å²) in [4.78, 5) is 11.3. The topological polar surface area (TPSA) is 52.3 Å². The Morgan fingerprint density at radius 2 is 2.12 bits per heavy atom. The summed E-state index contributed by atoms with van der Waals surface area (Å²) >= 11 is 6.77. The highest BCUT2D eigenvalue weighted by Gasteiger charge is 2.13. The third-order valence-electron chi connectivity index (χ3n) is 2.06. The Balaban J connectivity index is 2.69. The summed E-state index contributed by atoms with van der Waals surface area (Å²) < 4.78 is 6.73. The van der Waals surface area contributed by atoms with Crippen molar-refractivity contribution < 1.29 is 9.53 Å². The van der Waals surface area contributed by atoms with Gasteiger partial charge in [0, 0.05) is 15.0 Å². The maximum Gasteiger partial charge on any atom is 0.307 e. The largest absolute Gasteiger partial charge is 0.466 e. The second-order valence-electron chi connectivity index (χ2n) is 3.29. The van der Waals surface area contributed by atoms with Crippen molar-refractivity contribution in [3.05, 3.63) is 32.7 Å². The number of hydrogen-bond donors (Lipinski definition) is 1. The van der Waals surface area contributed by atoms with Crippen LogP contribution in [0.2, 0.25) is 0 Å². The van der Waals surface area contributed by atoms with E-state index in [-0.39, 0.29) is 18.4 Å². The van der Waals surface area contributed by atoms with Crippen LogP contribution in [-0.4, -0.2) is 12.6 Å². The van der Waals surface area contributed by atoms with Crippen LogP contribution in [0.25, 0.3) is 0 Å². The number of rotatable bonds is 4. The summed E-state index contributed by atoms with van der Waals surface area (Å²) in [6.07, 6.45) is 0.196. The molecule has 88 valence electrons. The van der Waals surface area contributed by atoms with Crippen molar-refractivity contribution in [3.63, 3.8) is 0 Å². The Bertz CT molecular complexity index is 382. The molecule has 1 aromatic carbocycles. The average Bonchev–Trinajstić information content (AvgIpc) is 2.22. The number of esters is 1. The lowest BCUT2D eigenvalue weighted by Gasteiger charge is -2.12. The standard InChI is InChI=1S/C11H13Br2NO2/c1-2-16-11(15)6-10(14)7-3-4-8(12)9(13)5-7/h3-5,10H,2,6,14H2,1H3. The molecule has 0 spiro atoms. The van der Waals surface area contributed by atoms with E-state index in [1.807, 2.05) is 18.2 Å². The van der Waals surface area contributed by atoms with E-state index in [1.165, 1.54) is 0 Å². The van der Waals surface area contributed by atoms with Gasteiger partial charge in [-0.05, 0) is 56.5 Å². The number of nitrogens with two attached hydrogens (primary N) is 1. The molecule has 16 heavy (non-hydrogen) atoms. The van der Waals surface area contributed by atoms with Crippen LogP contribution in [0, 0.1) is 0 Å². The zero-order valence-electron chi connectivity index (χ0n) is 8.87. The lowest BCUT2D eigenvalue weighted by Crippen LogP contribution is -2.17. The molecule has 3 nitrogen and oxygen atoms in total. The normalized spacial score (nSPS) is 12.2. The fourth-order valence-electron chi connectivity index (χ4n) is 1.26. The molecule has 0 bridgehead atoms. The first-order chi connectivity index (χ1) is 7.54. The first-order valence-electron chi connectivity index (χ1n) is 4.90. The van der Waals surface area contributed by atoms with E-state index in [0.29, 0.717) is 6.61 Å². The first-order valence-corrected chi connectivity index (χ1v) is 6.49. The van der Waals surface area contributed by atoms with Crippen molar-refractivity contribution in [1.82, 2.24) is 0 Å². The van der Waals surface area contributed by atoms with Crippen LogP contribution in [0.3, 0.4) is 0 Å². The molecule has 1 aromatic rings. The van der Waals surface area contributed by atoms with Crippen molar-refractivity contribution in [1.29, 1.82) is 0 Å². The Hall–Kier alpha value is -0.390. The van der Waals surface area contributed by atoms with Crippen molar-refractivity contribution in [3.8, 4) is 0 Å². The van der Waals surface area contributed by atoms with Gasteiger partial charge in [-0.3, -0.25) is 4.79 Å². The van der Waals surface area contributed by atoms with Gasteiger partial charge in [0.1, 0.15) is 0 Å². The molecule has 0 aliphatic carbocycles. The summed E-state index contributed by atoms with van der Waals surface area (Å²) in [5, 5.41) is 0. The van der Waals surface area contributed by atoms with Gasteiger partial charge in [-0.1, -0.05) is 6.07 Å². The van der Waals surface area contributed by atoms with E-state index < -0.39 is 0 Å². The molecule has 1 atom stereocenters. The van der Waals surface area contributed by atoms with E-state index in [9.17, 15) is 4.79 Å². The number of halogens is 2. The van der Waals surface area contributed by atoms with Crippen LogP contribution in [-0.2, 0) is 9.53 Å². The average molecular weight is 351 g/mol. The van der Waals surface area contributed by atoms with Gasteiger partial charge in [0.05, 0.1) is 13.0 Å². The van der Waals surface area contributed by atoms with Crippen molar-refractivity contribution in [2.24, 2.45) is 5.73 Å². The monoisotopic (exact) mass is 349 g/mol. The molecular formula is C11H13Br2NO2. The van der Waals surface area contributed by atoms with Gasteiger partial charge < -0.3 is 10.5 Å². The van der Waals surface area contributed by atoms with Crippen molar-refractivity contribution in [2.75, 3.05) is 6.61 Å². The highest BCUT2D eigenvalue weighted by Crippen LogP contribution is 2.26. The number of carbonyl (C=O) groups excluding carboxylic acids is 1. The summed E-state index contributed by atoms with van der Waals surface area (Å²) in [5.74, 6) is -0.269. The van der Waals surface area contributed by atoms with Crippen LogP contribution < -0.4 is 5.73 Å². The van der Waals surface area contributed by atoms with E-state index in [4.69, 9.17) is 10.5 Å². The van der Waals surface area contributed by atoms with Gasteiger partial charge in [0.2, 0.25) is 0 Å². The maximum absolute atomic E-state index is 11.3. The Morgan fingerprint density at radius 1 is 1.44 bits per heavy atom. The molecule has 0 aliphatic rings. The number of benzene rings is 1. The minimum absolute atomic E-state index is 0.196. The van der Waals surface area contributed by atoms with Gasteiger partial charge in [-0.2, -0.15) is 0 Å². The van der Waals surface area contributed by atoms with E-state index in [0.717, 1.165) is 14.5 Å². The molecule has 5 heteroatoms. The second-order valence-corrected chi connectivity index (χ2v) is 5.00. The van der Waals surface area contributed by atoms with Crippen LogP contribution in [0.4, 0.5) is 0 Å². The predicted molar refractivity (Wildman–Crippen MR) is 70.0 cm³/mol. The predicted octanol–water partition coefficient (Wildman–Crippen LogP) is 3.16. The van der Waals surface area contributed by atoms with E-state index in [1.54, 1.807) is 6.92 Å². The molecule has 0 saturated carbocycles. The van der Waals surface area contributed by atoms with Gasteiger partial charge in [0.25, 0.3) is 0 Å². The third kappa shape index (κ3) is 3.88. The Kier molecular flexibility index (Phi) is 5.44. The van der Waals surface area contributed by atoms with Crippen molar-refractivity contribution in [2.45, 2.75) is 19.4 Å². The summed E-state index contributed by atoms with van der Waals surface area (Å²) in [5.41, 5.74) is 6.81. The molecule has 0 fully saturated rings. The lowest BCUT2D eigenvalue weighted by molar-refractivity contribution is -0.143. The molecule has 0 aliphatic heterocycles. The van der Waals surface area contributed by atoms with Gasteiger partial charge in [0.15, 0.2) is 0 Å². The SMILES string of the molecule is CCOC(=O)CC(N)c1ccc(Br)c(Br)c1. The summed E-state index contributed by atoms with van der Waals surface area (Å²) in [7, 11) is 0. The van der Waals surface area contributed by atoms with Gasteiger partial charge in [-0.15, -0.1) is 0 Å². The summed E-state index contributed by atoms with van der Waals surface area (Å²) in [6.45, 7) is 2.16.